The third-order valence-corrected chi connectivity index (χ3v) is 4.88. The molecule has 4 rings (SSSR count). The van der Waals surface area contributed by atoms with Gasteiger partial charge in [0.1, 0.15) is 11.5 Å². The fourth-order valence-electron chi connectivity index (χ4n) is 3.19. The van der Waals surface area contributed by atoms with Gasteiger partial charge in [-0.25, -0.2) is 9.07 Å². The van der Waals surface area contributed by atoms with Gasteiger partial charge >= 0.3 is 0 Å². The van der Waals surface area contributed by atoms with Gasteiger partial charge in [-0.1, -0.05) is 18.2 Å². The molecule has 0 atom stereocenters. The lowest BCUT2D eigenvalue weighted by molar-refractivity contribution is -0.113. The first-order valence-electron chi connectivity index (χ1n) is 8.70. The first kappa shape index (κ1) is 18.1. The average Bonchev–Trinajstić information content (AvgIpc) is 3.13. The van der Waals surface area contributed by atoms with Crippen LogP contribution in [0.3, 0.4) is 0 Å². The van der Waals surface area contributed by atoms with Gasteiger partial charge < -0.3 is 5.32 Å². The molecule has 0 bridgehead atoms. The lowest BCUT2D eigenvalue weighted by Crippen LogP contribution is -2.30. The van der Waals surface area contributed by atoms with E-state index in [0.29, 0.717) is 11.4 Å². The topological polar surface area (TPSA) is 50.2 Å². The van der Waals surface area contributed by atoms with Crippen LogP contribution in [-0.2, 0) is 4.79 Å². The minimum atomic E-state index is -0.371. The van der Waals surface area contributed by atoms with Gasteiger partial charge in [-0.05, 0) is 68.5 Å². The van der Waals surface area contributed by atoms with Crippen molar-refractivity contribution in [2.24, 2.45) is 0 Å². The fraction of sp³-hybridized carbons (Fsp3) is 0.0952. The number of carbonyl (C=O) groups excluding carboxylic acids is 1. The molecule has 0 saturated carbocycles. The maximum absolute atomic E-state index is 13.2. The molecule has 140 valence electrons. The Morgan fingerprint density at radius 2 is 1.71 bits per heavy atom. The van der Waals surface area contributed by atoms with Crippen molar-refractivity contribution in [2.45, 2.75) is 13.8 Å². The van der Waals surface area contributed by atoms with E-state index in [1.165, 1.54) is 29.2 Å². The molecule has 1 fully saturated rings. The molecule has 2 heterocycles. The largest absolute Gasteiger partial charge is 0.327 e. The first-order valence-corrected chi connectivity index (χ1v) is 9.11. The third kappa shape index (κ3) is 3.10. The Hall–Kier alpha value is -3.32. The number of aryl methyl sites for hydroxylation is 1. The second-order valence-corrected chi connectivity index (χ2v) is 6.82. The number of hydrogen-bond donors (Lipinski definition) is 1. The molecule has 5 nitrogen and oxygen atoms in total. The van der Waals surface area contributed by atoms with Crippen molar-refractivity contribution in [1.29, 1.82) is 0 Å². The standard InChI is InChI=1S/C21H17FN4OS/c1-13-18(14(2)26(24-13)17-6-4-3-5-7-17)12-19-20(27)25(21(28)23-19)16-10-8-15(22)9-11-16/h3-12H,1-2H3,(H,23,28). The average molecular weight is 392 g/mol. The lowest BCUT2D eigenvalue weighted by Gasteiger charge is -2.13. The van der Waals surface area contributed by atoms with Crippen molar-refractivity contribution in [1.82, 2.24) is 15.1 Å². The summed E-state index contributed by atoms with van der Waals surface area (Å²) < 4.78 is 15.0. The van der Waals surface area contributed by atoms with Gasteiger partial charge in [-0.15, -0.1) is 0 Å². The number of aromatic nitrogens is 2. The molecule has 28 heavy (non-hydrogen) atoms. The minimum Gasteiger partial charge on any atom is -0.327 e. The highest BCUT2D eigenvalue weighted by molar-refractivity contribution is 7.80. The number of nitrogens with one attached hydrogen (secondary N) is 1. The molecule has 0 unspecified atom stereocenters. The molecule has 1 aliphatic rings. The summed E-state index contributed by atoms with van der Waals surface area (Å²) in [7, 11) is 0. The van der Waals surface area contributed by atoms with Gasteiger partial charge in [-0.3, -0.25) is 9.69 Å². The molecule has 0 spiro atoms. The summed E-state index contributed by atoms with van der Waals surface area (Å²) >= 11 is 5.31. The van der Waals surface area contributed by atoms with Crippen LogP contribution in [0.5, 0.6) is 0 Å². The second-order valence-electron chi connectivity index (χ2n) is 6.44. The van der Waals surface area contributed by atoms with Crippen LogP contribution in [0.4, 0.5) is 10.1 Å². The number of nitrogens with zero attached hydrogens (tertiary/aromatic N) is 3. The van der Waals surface area contributed by atoms with E-state index >= 15 is 0 Å². The smallest absolute Gasteiger partial charge is 0.281 e. The molecule has 0 aliphatic carbocycles. The number of carbonyl (C=O) groups is 1. The zero-order valence-corrected chi connectivity index (χ0v) is 16.1. The summed E-state index contributed by atoms with van der Waals surface area (Å²) in [5.74, 6) is -0.660. The number of anilines is 1. The van der Waals surface area contributed by atoms with Crippen molar-refractivity contribution >= 4 is 35.0 Å². The number of hydrogen-bond acceptors (Lipinski definition) is 3. The first-order chi connectivity index (χ1) is 13.5. The number of para-hydroxylation sites is 1. The summed E-state index contributed by atoms with van der Waals surface area (Å²) in [6.07, 6.45) is 1.76. The van der Waals surface area contributed by atoms with E-state index in [1.54, 1.807) is 6.08 Å². The predicted octanol–water partition coefficient (Wildman–Crippen LogP) is 3.89. The Kier molecular flexibility index (Phi) is 4.52. The van der Waals surface area contributed by atoms with Crippen LogP contribution in [0.15, 0.2) is 60.3 Å². The van der Waals surface area contributed by atoms with E-state index in [2.05, 4.69) is 10.4 Å². The number of halogens is 1. The van der Waals surface area contributed by atoms with Crippen LogP contribution in [0, 0.1) is 19.7 Å². The molecule has 1 saturated heterocycles. The SMILES string of the molecule is Cc1nn(-c2ccccc2)c(C)c1C=C1NC(=S)N(c2ccc(F)cc2)C1=O. The predicted molar refractivity (Wildman–Crippen MR) is 111 cm³/mol. The van der Waals surface area contributed by atoms with Crippen LogP contribution in [0.25, 0.3) is 11.8 Å². The normalized spacial score (nSPS) is 15.4. The molecule has 1 aromatic heterocycles. The van der Waals surface area contributed by atoms with Gasteiger partial charge in [0.05, 0.1) is 17.1 Å². The molecular formula is C21H17FN4OS. The molecule has 1 aliphatic heterocycles. The van der Waals surface area contributed by atoms with Gasteiger partial charge in [0, 0.05) is 11.3 Å². The maximum Gasteiger partial charge on any atom is 0.281 e. The fourth-order valence-corrected chi connectivity index (χ4v) is 3.49. The van der Waals surface area contributed by atoms with Gasteiger partial charge in [0.2, 0.25) is 0 Å². The Bertz CT molecular complexity index is 1100. The zero-order valence-electron chi connectivity index (χ0n) is 15.3. The van der Waals surface area contributed by atoms with Crippen molar-refractivity contribution in [3.63, 3.8) is 0 Å². The quantitative estimate of drug-likeness (QED) is 0.543. The maximum atomic E-state index is 13.2. The van der Waals surface area contributed by atoms with Crippen LogP contribution in [-0.4, -0.2) is 20.8 Å². The molecule has 7 heteroatoms. The van der Waals surface area contributed by atoms with E-state index < -0.39 is 0 Å². The number of amides is 1. The van der Waals surface area contributed by atoms with Gasteiger partial charge in [0.15, 0.2) is 5.11 Å². The van der Waals surface area contributed by atoms with Crippen LogP contribution >= 0.6 is 12.2 Å². The minimum absolute atomic E-state index is 0.258. The summed E-state index contributed by atoms with van der Waals surface area (Å²) in [4.78, 5) is 14.2. The highest BCUT2D eigenvalue weighted by atomic mass is 32.1. The van der Waals surface area contributed by atoms with Crippen molar-refractivity contribution < 1.29 is 9.18 Å². The zero-order chi connectivity index (χ0) is 19.8. The molecule has 3 aromatic rings. The summed E-state index contributed by atoms with van der Waals surface area (Å²) in [5, 5.41) is 7.81. The van der Waals surface area contributed by atoms with Gasteiger partial charge in [0.25, 0.3) is 5.91 Å². The Labute approximate surface area is 167 Å². The van der Waals surface area contributed by atoms with Crippen LogP contribution in [0.1, 0.15) is 17.0 Å². The third-order valence-electron chi connectivity index (χ3n) is 4.60. The number of benzene rings is 2. The van der Waals surface area contributed by atoms with Crippen LogP contribution < -0.4 is 10.2 Å². The van der Waals surface area contributed by atoms with Crippen molar-refractivity contribution in [3.05, 3.63) is 83.1 Å². The molecule has 0 radical (unpaired) electrons. The van der Waals surface area contributed by atoms with Crippen molar-refractivity contribution in [2.75, 3.05) is 4.90 Å². The second kappa shape index (κ2) is 7.01. The molecule has 2 aromatic carbocycles. The van der Waals surface area contributed by atoms with E-state index in [1.807, 2.05) is 48.9 Å². The highest BCUT2D eigenvalue weighted by Gasteiger charge is 2.32. The summed E-state index contributed by atoms with van der Waals surface area (Å²) in [6, 6.07) is 15.4. The summed E-state index contributed by atoms with van der Waals surface area (Å²) in [6.45, 7) is 3.85. The monoisotopic (exact) mass is 392 g/mol. The van der Waals surface area contributed by atoms with E-state index in [4.69, 9.17) is 12.2 Å². The number of thiocarbonyl (C=S) groups is 1. The van der Waals surface area contributed by atoms with Crippen LogP contribution in [0.2, 0.25) is 0 Å². The summed E-state index contributed by atoms with van der Waals surface area (Å²) in [5.41, 5.74) is 4.38. The van der Waals surface area contributed by atoms with E-state index in [9.17, 15) is 9.18 Å². The van der Waals surface area contributed by atoms with Crippen molar-refractivity contribution in [3.8, 4) is 5.69 Å². The lowest BCUT2D eigenvalue weighted by atomic mass is 10.1. The Morgan fingerprint density at radius 1 is 1.04 bits per heavy atom. The van der Waals surface area contributed by atoms with E-state index in [0.717, 1.165) is 22.6 Å². The molecule has 1 N–H and O–H groups in total. The molecular weight excluding hydrogens is 375 g/mol. The highest BCUT2D eigenvalue weighted by Crippen LogP contribution is 2.25. The van der Waals surface area contributed by atoms with Gasteiger partial charge in [-0.2, -0.15) is 5.10 Å². The number of rotatable bonds is 3. The Balaban J connectivity index is 1.70. The Morgan fingerprint density at radius 3 is 2.39 bits per heavy atom. The van der Waals surface area contributed by atoms with E-state index in [-0.39, 0.29) is 16.8 Å². The molecule has 1 amide bonds.